The van der Waals surface area contributed by atoms with Gasteiger partial charge in [-0.1, -0.05) is 309 Å². The number of hydrogen-bond donors (Lipinski definition) is 0. The lowest BCUT2D eigenvalue weighted by Gasteiger charge is -2.28. The van der Waals surface area contributed by atoms with Crippen molar-refractivity contribution < 1.29 is 0 Å². The van der Waals surface area contributed by atoms with Gasteiger partial charge in [0, 0.05) is 74.3 Å². The lowest BCUT2D eigenvalue weighted by atomic mass is 9.89. The van der Waals surface area contributed by atoms with Crippen molar-refractivity contribution in [2.24, 2.45) is 0 Å². The summed E-state index contributed by atoms with van der Waals surface area (Å²) in [6.45, 7) is 0. The minimum Gasteiger partial charge on any atom is -0.310 e. The lowest BCUT2D eigenvalue weighted by molar-refractivity contribution is 1.28. The fourth-order valence-electron chi connectivity index (χ4n) is 16.3. The molecule has 0 fully saturated rings. The summed E-state index contributed by atoms with van der Waals surface area (Å²) in [5.74, 6) is 0. The summed E-state index contributed by atoms with van der Waals surface area (Å²) in [6.07, 6.45) is 0. The number of para-hydroxylation sites is 1. The minimum absolute atomic E-state index is 1.08. The second kappa shape index (κ2) is 29.5. The van der Waals surface area contributed by atoms with E-state index in [-0.39, 0.29) is 0 Å². The van der Waals surface area contributed by atoms with Crippen molar-refractivity contribution >= 4 is 97.1 Å². The van der Waals surface area contributed by atoms with E-state index < -0.39 is 0 Å². The normalized spacial score (nSPS) is 11.4. The Morgan fingerprint density at radius 2 is 0.429 bits per heavy atom. The highest BCUT2D eigenvalue weighted by Gasteiger charge is 2.22. The number of rotatable bonds is 17. The SMILES string of the molecule is c1ccc(-c2ccc(N(c3ccc(-c4ccc(-c5cccc(-c6ccc7sc8ccc(-c9cc(-c%10ccc(N(c%11ccc(-c%12ccccc%12)cc%11)c%11ccccc%11-c%11ccccc%11)cc%10)ccc9-c9ccccc9)cc8c7c6)c5)c(-c5ccc6sc7ccccc7c6c5)c4)cc3)c3cccc(-c4ccccc4)c3)cc2)cc1. The molecule has 0 atom stereocenters. The molecule has 0 spiro atoms. The largest absolute Gasteiger partial charge is 0.310 e. The van der Waals surface area contributed by atoms with Crippen LogP contribution in [0.3, 0.4) is 0 Å². The van der Waals surface area contributed by atoms with Gasteiger partial charge >= 0.3 is 0 Å². The highest BCUT2D eigenvalue weighted by atomic mass is 32.1. The Kier molecular flexibility index (Phi) is 17.8. The Morgan fingerprint density at radius 3 is 0.938 bits per heavy atom. The maximum Gasteiger partial charge on any atom is 0.0540 e. The quantitative estimate of drug-likeness (QED) is 0.0896. The number of nitrogens with zero attached hydrogens (tertiary/aromatic N) is 2. The molecule has 0 bridgehead atoms. The third-order valence-electron chi connectivity index (χ3n) is 21.9. The van der Waals surface area contributed by atoms with Crippen LogP contribution in [-0.2, 0) is 0 Å². The summed E-state index contributed by atoms with van der Waals surface area (Å²) in [5, 5.41) is 5.07. The predicted molar refractivity (Wildman–Crippen MR) is 481 cm³/mol. The summed E-state index contributed by atoms with van der Waals surface area (Å²) in [4.78, 5) is 4.77. The third kappa shape index (κ3) is 13.1. The zero-order valence-corrected chi connectivity index (χ0v) is 62.9. The van der Waals surface area contributed by atoms with Crippen molar-refractivity contribution in [1.29, 1.82) is 0 Å². The molecule has 0 radical (unpaired) electrons. The van der Waals surface area contributed by atoms with Crippen LogP contribution in [0.2, 0.25) is 0 Å². The van der Waals surface area contributed by atoms with Gasteiger partial charge in [0.1, 0.15) is 0 Å². The molecule has 18 aromatic carbocycles. The van der Waals surface area contributed by atoms with Crippen LogP contribution in [0, 0.1) is 0 Å². The topological polar surface area (TPSA) is 6.48 Å². The van der Waals surface area contributed by atoms with Gasteiger partial charge in [-0.2, -0.15) is 0 Å². The van der Waals surface area contributed by atoms with Crippen LogP contribution in [0.5, 0.6) is 0 Å². The van der Waals surface area contributed by atoms with Crippen molar-refractivity contribution in [1.82, 2.24) is 0 Å². The molecule has 2 heterocycles. The summed E-state index contributed by atoms with van der Waals surface area (Å²) < 4.78 is 5.12. The molecule has 0 saturated heterocycles. The first-order chi connectivity index (χ1) is 55.5. The summed E-state index contributed by atoms with van der Waals surface area (Å²) in [5.41, 5.74) is 32.4. The Labute approximate surface area is 661 Å². The number of anilines is 6. The maximum absolute atomic E-state index is 2.44. The Morgan fingerprint density at radius 1 is 0.134 bits per heavy atom. The van der Waals surface area contributed by atoms with Crippen LogP contribution in [0.15, 0.2) is 437 Å². The van der Waals surface area contributed by atoms with Crippen LogP contribution in [-0.4, -0.2) is 0 Å². The van der Waals surface area contributed by atoms with E-state index >= 15 is 0 Å². The lowest BCUT2D eigenvalue weighted by Crippen LogP contribution is -2.11. The van der Waals surface area contributed by atoms with Crippen molar-refractivity contribution in [3.05, 3.63) is 437 Å². The van der Waals surface area contributed by atoms with Crippen molar-refractivity contribution in [3.63, 3.8) is 0 Å². The van der Waals surface area contributed by atoms with Gasteiger partial charge in [0.15, 0.2) is 0 Å². The Balaban J connectivity index is 0.647. The van der Waals surface area contributed by atoms with Gasteiger partial charge < -0.3 is 9.80 Å². The highest BCUT2D eigenvalue weighted by Crippen LogP contribution is 2.48. The zero-order chi connectivity index (χ0) is 74.3. The standard InChI is InChI=1S/C108H72N2S2/c1-6-22-73(23-7-1)76-40-53-90(54-41-76)109(94-35-21-33-83(67-94)75-26-10-3-11-27-75)91-55-44-78(45-56-91)85-49-62-96(100(69-85)88-51-64-106-101(71-88)98-37-17-19-39-105(98)111-106)87-34-20-32-82(66-87)86-50-63-107-102(70-86)103-72-89(52-65-108(103)112-107)99-68-84(48-61-95(99)80-28-12-4-13-29-80)79-46-59-93(60-47-79)110(92-57-42-77(43-58-92)74-24-8-2-9-25-74)104-38-18-16-36-97(104)81-30-14-5-15-31-81/h1-72H. The van der Waals surface area contributed by atoms with Crippen LogP contribution in [0.4, 0.5) is 34.1 Å². The molecule has 0 amide bonds. The number of benzene rings is 18. The molecule has 2 nitrogen and oxygen atoms in total. The predicted octanol–water partition coefficient (Wildman–Crippen LogP) is 31.7. The van der Waals surface area contributed by atoms with Gasteiger partial charge in [-0.15, -0.1) is 22.7 Å². The smallest absolute Gasteiger partial charge is 0.0540 e. The molecule has 0 saturated carbocycles. The van der Waals surface area contributed by atoms with Crippen molar-refractivity contribution in [2.75, 3.05) is 9.80 Å². The highest BCUT2D eigenvalue weighted by molar-refractivity contribution is 7.26. The van der Waals surface area contributed by atoms with Crippen LogP contribution < -0.4 is 9.80 Å². The van der Waals surface area contributed by atoms with Gasteiger partial charge in [0.05, 0.1) is 5.69 Å². The van der Waals surface area contributed by atoms with Gasteiger partial charge in [0.25, 0.3) is 0 Å². The maximum atomic E-state index is 2.44. The molecule has 526 valence electrons. The summed E-state index contributed by atoms with van der Waals surface area (Å²) in [7, 11) is 0. The third-order valence-corrected chi connectivity index (χ3v) is 24.2. The first-order valence-corrected chi connectivity index (χ1v) is 39.9. The summed E-state index contributed by atoms with van der Waals surface area (Å²) in [6, 6.07) is 161. The first-order valence-electron chi connectivity index (χ1n) is 38.2. The number of hydrogen-bond acceptors (Lipinski definition) is 4. The van der Waals surface area contributed by atoms with E-state index in [0.717, 1.165) is 67.5 Å². The average molecular weight is 1460 g/mol. The first kappa shape index (κ1) is 67.4. The Bertz CT molecular complexity index is 6810. The Hall–Kier alpha value is -14.0. The molecule has 0 aliphatic rings. The van der Waals surface area contributed by atoms with Crippen LogP contribution >= 0.6 is 22.7 Å². The second-order valence-corrected chi connectivity index (χ2v) is 30.9. The molecule has 0 unspecified atom stereocenters. The van der Waals surface area contributed by atoms with E-state index in [0.29, 0.717) is 0 Å². The van der Waals surface area contributed by atoms with E-state index in [1.807, 2.05) is 22.7 Å². The molecular weight excluding hydrogens is 1390 g/mol. The molecule has 2 aromatic heterocycles. The fraction of sp³-hybridized carbons (Fsp3) is 0. The van der Waals surface area contributed by atoms with Crippen molar-refractivity contribution in [2.45, 2.75) is 0 Å². The summed E-state index contributed by atoms with van der Waals surface area (Å²) >= 11 is 3.72. The molecule has 0 aliphatic heterocycles. The van der Waals surface area contributed by atoms with Crippen molar-refractivity contribution in [3.8, 4) is 122 Å². The van der Waals surface area contributed by atoms with E-state index in [2.05, 4.69) is 447 Å². The van der Waals surface area contributed by atoms with Crippen LogP contribution in [0.25, 0.3) is 163 Å². The van der Waals surface area contributed by atoms with Gasteiger partial charge in [-0.25, -0.2) is 0 Å². The van der Waals surface area contributed by atoms with Crippen LogP contribution in [0.1, 0.15) is 0 Å². The number of thiophene rings is 2. The molecule has 20 aromatic rings. The molecular formula is C108H72N2S2. The molecule has 20 rings (SSSR count). The fourth-order valence-corrected chi connectivity index (χ4v) is 18.4. The average Bonchev–Trinajstić information content (AvgIpc) is 1.47. The second-order valence-electron chi connectivity index (χ2n) is 28.7. The molecule has 4 heteroatoms. The van der Waals surface area contributed by atoms with E-state index in [1.165, 1.54) is 129 Å². The monoisotopic (exact) mass is 1460 g/mol. The van der Waals surface area contributed by atoms with E-state index in [9.17, 15) is 0 Å². The molecule has 0 aliphatic carbocycles. The molecule has 0 N–H and O–H groups in total. The molecule has 112 heavy (non-hydrogen) atoms. The van der Waals surface area contributed by atoms with E-state index in [1.54, 1.807) is 0 Å². The van der Waals surface area contributed by atoms with Gasteiger partial charge in [-0.3, -0.25) is 0 Å². The van der Waals surface area contributed by atoms with Gasteiger partial charge in [-0.05, 0) is 244 Å². The number of fused-ring (bicyclic) bond motifs is 6. The van der Waals surface area contributed by atoms with E-state index in [4.69, 9.17) is 0 Å². The van der Waals surface area contributed by atoms with Gasteiger partial charge in [0.2, 0.25) is 0 Å². The minimum atomic E-state index is 1.08. The zero-order valence-electron chi connectivity index (χ0n) is 61.3.